The Morgan fingerprint density at radius 2 is 1.85 bits per heavy atom. The Hall–Kier alpha value is -3.20. The molecule has 0 unspecified atom stereocenters. The zero-order valence-corrected chi connectivity index (χ0v) is 15.6. The highest BCUT2D eigenvalue weighted by atomic mass is 32.2. The van der Waals surface area contributed by atoms with Crippen LogP contribution in [0.25, 0.3) is 6.08 Å². The van der Waals surface area contributed by atoms with E-state index in [4.69, 9.17) is 0 Å². The normalized spacial score (nSPS) is 11.3. The first-order valence-corrected chi connectivity index (χ1v) is 9.70. The number of nitro benzene ring substituents is 1. The van der Waals surface area contributed by atoms with Crippen molar-refractivity contribution in [3.63, 3.8) is 0 Å². The summed E-state index contributed by atoms with van der Waals surface area (Å²) in [6, 6.07) is 10.6. The van der Waals surface area contributed by atoms with Crippen LogP contribution in [-0.4, -0.2) is 31.9 Å². The van der Waals surface area contributed by atoms with E-state index in [9.17, 15) is 23.3 Å². The minimum Gasteiger partial charge on any atom is -0.383 e. The first kappa shape index (κ1) is 20.1. The zero-order valence-electron chi connectivity index (χ0n) is 14.8. The highest BCUT2D eigenvalue weighted by Gasteiger charge is 2.13. The molecule has 9 heteroatoms. The van der Waals surface area contributed by atoms with Crippen LogP contribution in [0.1, 0.15) is 22.8 Å². The number of nitrogens with one attached hydrogen (secondary N) is 2. The second kappa shape index (κ2) is 8.45. The van der Waals surface area contributed by atoms with Crippen LogP contribution in [0.5, 0.6) is 0 Å². The molecular weight excluding hydrogens is 370 g/mol. The van der Waals surface area contributed by atoms with Gasteiger partial charge in [-0.25, -0.2) is 8.42 Å². The van der Waals surface area contributed by atoms with Crippen molar-refractivity contribution in [3.8, 4) is 0 Å². The smallest absolute Gasteiger partial charge is 0.292 e. The molecule has 2 N–H and O–H groups in total. The van der Waals surface area contributed by atoms with E-state index in [0.717, 1.165) is 0 Å². The van der Waals surface area contributed by atoms with Gasteiger partial charge in [-0.1, -0.05) is 12.1 Å². The van der Waals surface area contributed by atoms with Crippen molar-refractivity contribution < 1.29 is 18.1 Å². The number of carbonyl (C=O) groups is 1. The molecule has 0 spiro atoms. The van der Waals surface area contributed by atoms with Crippen LogP contribution in [0.4, 0.5) is 17.1 Å². The van der Waals surface area contributed by atoms with Crippen molar-refractivity contribution in [1.82, 2.24) is 0 Å². The van der Waals surface area contributed by atoms with E-state index in [0.29, 0.717) is 22.5 Å². The molecular formula is C18H19N3O5S. The fourth-order valence-corrected chi connectivity index (χ4v) is 2.88. The molecule has 0 aliphatic rings. The van der Waals surface area contributed by atoms with E-state index in [1.54, 1.807) is 19.2 Å². The Balaban J connectivity index is 2.15. The van der Waals surface area contributed by atoms with Gasteiger partial charge in [-0.2, -0.15) is 0 Å². The van der Waals surface area contributed by atoms with E-state index in [-0.39, 0.29) is 17.2 Å². The summed E-state index contributed by atoms with van der Waals surface area (Å²) in [6.07, 6.45) is 2.80. The van der Waals surface area contributed by atoms with E-state index < -0.39 is 14.9 Å². The average molecular weight is 389 g/mol. The van der Waals surface area contributed by atoms with Crippen LogP contribution >= 0.6 is 0 Å². The van der Waals surface area contributed by atoms with Gasteiger partial charge < -0.3 is 5.32 Å². The van der Waals surface area contributed by atoms with Crippen LogP contribution in [-0.2, 0) is 10.0 Å². The van der Waals surface area contributed by atoms with Crippen molar-refractivity contribution in [2.24, 2.45) is 0 Å². The number of hydrogen-bond donors (Lipinski definition) is 2. The first-order chi connectivity index (χ1) is 12.8. The van der Waals surface area contributed by atoms with Gasteiger partial charge in [0.05, 0.1) is 10.7 Å². The summed E-state index contributed by atoms with van der Waals surface area (Å²) < 4.78 is 25.4. The molecule has 0 saturated carbocycles. The highest BCUT2D eigenvalue weighted by Crippen LogP contribution is 2.25. The summed E-state index contributed by atoms with van der Waals surface area (Å²) in [6.45, 7) is 1.53. The largest absolute Gasteiger partial charge is 0.383 e. The Morgan fingerprint density at radius 1 is 1.19 bits per heavy atom. The Labute approximate surface area is 157 Å². The molecule has 0 saturated heterocycles. The minimum atomic E-state index is -3.38. The predicted octanol–water partition coefficient (Wildman–Crippen LogP) is 3.29. The fraction of sp³-hybridized carbons (Fsp3) is 0.167. The number of carbonyl (C=O) groups excluding carboxylic acids is 1. The SMILES string of the molecule is CCS(=O)(=O)Nc1ccc(C(=O)/C=C/c2ccc(NC)c([N+](=O)[O-])c2)cc1. The van der Waals surface area contributed by atoms with Crippen LogP contribution in [0, 0.1) is 10.1 Å². The van der Waals surface area contributed by atoms with Crippen LogP contribution in [0.3, 0.4) is 0 Å². The number of anilines is 2. The number of rotatable bonds is 8. The molecule has 0 atom stereocenters. The van der Waals surface area contributed by atoms with Crippen molar-refractivity contribution >= 4 is 38.9 Å². The summed E-state index contributed by atoms with van der Waals surface area (Å²) in [5, 5.41) is 13.8. The van der Waals surface area contributed by atoms with Gasteiger partial charge in [0, 0.05) is 24.4 Å². The minimum absolute atomic E-state index is 0.0467. The standard InChI is InChI=1S/C18H19N3O5S/c1-3-27(25,26)20-15-8-6-14(7-9-15)18(22)11-5-13-4-10-16(19-2)17(12-13)21(23)24/h4-12,19-20H,3H2,1-2H3/b11-5+. The zero-order chi connectivity index (χ0) is 20.0. The number of sulfonamides is 1. The van der Waals surface area contributed by atoms with Crippen LogP contribution < -0.4 is 10.0 Å². The molecule has 2 rings (SSSR count). The van der Waals surface area contributed by atoms with E-state index in [1.165, 1.54) is 49.4 Å². The Morgan fingerprint density at radius 3 is 2.41 bits per heavy atom. The monoisotopic (exact) mass is 389 g/mol. The van der Waals surface area contributed by atoms with Gasteiger partial charge >= 0.3 is 0 Å². The molecule has 2 aromatic rings. The Bertz CT molecular complexity index is 983. The van der Waals surface area contributed by atoms with Gasteiger partial charge in [0.15, 0.2) is 5.78 Å². The topological polar surface area (TPSA) is 118 Å². The third-order valence-electron chi connectivity index (χ3n) is 3.74. The molecule has 0 aromatic heterocycles. The maximum absolute atomic E-state index is 12.2. The Kier molecular flexibility index (Phi) is 6.30. The molecule has 0 heterocycles. The van der Waals surface area contributed by atoms with Gasteiger partial charge in [-0.3, -0.25) is 19.6 Å². The summed E-state index contributed by atoms with van der Waals surface area (Å²) in [5.41, 5.74) is 1.55. The van der Waals surface area contributed by atoms with Crippen molar-refractivity contribution in [3.05, 3.63) is 69.8 Å². The number of nitrogens with zero attached hydrogens (tertiary/aromatic N) is 1. The lowest BCUT2D eigenvalue weighted by Gasteiger charge is -2.06. The lowest BCUT2D eigenvalue weighted by atomic mass is 10.1. The van der Waals surface area contributed by atoms with E-state index in [2.05, 4.69) is 10.0 Å². The quantitative estimate of drug-likeness (QED) is 0.309. The van der Waals surface area contributed by atoms with Crippen LogP contribution in [0.2, 0.25) is 0 Å². The maximum atomic E-state index is 12.2. The molecule has 2 aromatic carbocycles. The number of benzene rings is 2. The summed E-state index contributed by atoms with van der Waals surface area (Å²) in [5.74, 6) is -0.352. The van der Waals surface area contributed by atoms with Crippen molar-refractivity contribution in [2.75, 3.05) is 22.8 Å². The number of allylic oxidation sites excluding steroid dienone is 1. The van der Waals surface area contributed by atoms with Gasteiger partial charge in [-0.05, 0) is 48.9 Å². The molecule has 0 aliphatic heterocycles. The van der Waals surface area contributed by atoms with Crippen molar-refractivity contribution in [2.45, 2.75) is 6.92 Å². The summed E-state index contributed by atoms with van der Waals surface area (Å²) >= 11 is 0. The van der Waals surface area contributed by atoms with Gasteiger partial charge in [0.25, 0.3) is 5.69 Å². The number of nitro groups is 1. The van der Waals surface area contributed by atoms with Gasteiger partial charge in [0.2, 0.25) is 10.0 Å². The second-order valence-corrected chi connectivity index (χ2v) is 7.58. The average Bonchev–Trinajstić information content (AvgIpc) is 2.66. The molecule has 8 nitrogen and oxygen atoms in total. The van der Waals surface area contributed by atoms with Gasteiger partial charge in [0.1, 0.15) is 5.69 Å². The summed E-state index contributed by atoms with van der Waals surface area (Å²) in [4.78, 5) is 22.8. The highest BCUT2D eigenvalue weighted by molar-refractivity contribution is 7.92. The maximum Gasteiger partial charge on any atom is 0.292 e. The second-order valence-electron chi connectivity index (χ2n) is 5.56. The van der Waals surface area contributed by atoms with Crippen molar-refractivity contribution in [1.29, 1.82) is 0 Å². The molecule has 0 radical (unpaired) electrons. The number of hydrogen-bond acceptors (Lipinski definition) is 6. The summed E-state index contributed by atoms with van der Waals surface area (Å²) in [7, 11) is -1.79. The molecule has 142 valence electrons. The van der Waals surface area contributed by atoms with E-state index >= 15 is 0 Å². The lowest BCUT2D eigenvalue weighted by molar-refractivity contribution is -0.384. The van der Waals surface area contributed by atoms with E-state index in [1.807, 2.05) is 0 Å². The van der Waals surface area contributed by atoms with Crippen LogP contribution in [0.15, 0.2) is 48.5 Å². The molecule has 0 bridgehead atoms. The van der Waals surface area contributed by atoms with Gasteiger partial charge in [-0.15, -0.1) is 0 Å². The third-order valence-corrected chi connectivity index (χ3v) is 5.04. The third kappa shape index (κ3) is 5.38. The lowest BCUT2D eigenvalue weighted by Crippen LogP contribution is -2.14. The fourth-order valence-electron chi connectivity index (χ4n) is 2.24. The number of ketones is 1. The molecule has 0 aliphatic carbocycles. The molecule has 0 fully saturated rings. The molecule has 0 amide bonds. The first-order valence-electron chi connectivity index (χ1n) is 8.05. The predicted molar refractivity (Wildman–Crippen MR) is 106 cm³/mol. The molecule has 27 heavy (non-hydrogen) atoms.